The number of hydrogen-bond donors (Lipinski definition) is 0. The Kier molecular flexibility index (Phi) is 6.26. The number of hydrogen-bond acceptors (Lipinski definition) is 3. The lowest BCUT2D eigenvalue weighted by molar-refractivity contribution is 0.795. The van der Waals surface area contributed by atoms with Gasteiger partial charge in [0, 0.05) is 16.7 Å². The Labute approximate surface area is 318 Å². The Morgan fingerprint density at radius 3 is 1.20 bits per heavy atom. The van der Waals surface area contributed by atoms with Gasteiger partial charge < -0.3 is 0 Å². The maximum Gasteiger partial charge on any atom is 0.164 e. The summed E-state index contributed by atoms with van der Waals surface area (Å²) in [5.41, 5.74) is 12.6. The van der Waals surface area contributed by atoms with Crippen LogP contribution in [0.4, 0.5) is 0 Å². The van der Waals surface area contributed by atoms with Gasteiger partial charge in [0.1, 0.15) is 0 Å². The van der Waals surface area contributed by atoms with Crippen LogP contribution in [0, 0.1) is 0 Å². The molecule has 0 unspecified atom stereocenters. The molecule has 1 aromatic heterocycles. The topological polar surface area (TPSA) is 38.7 Å². The van der Waals surface area contributed by atoms with Gasteiger partial charge in [0.25, 0.3) is 0 Å². The smallest absolute Gasteiger partial charge is 0.164 e. The summed E-state index contributed by atoms with van der Waals surface area (Å²) in [6.45, 7) is 0. The Bertz CT molecular complexity index is 3100. The lowest BCUT2D eigenvalue weighted by Gasteiger charge is -2.31. The van der Waals surface area contributed by atoms with Gasteiger partial charge in [0.05, 0.1) is 5.41 Å². The van der Waals surface area contributed by atoms with Gasteiger partial charge in [-0.1, -0.05) is 170 Å². The fourth-order valence-corrected chi connectivity index (χ4v) is 9.61. The summed E-state index contributed by atoms with van der Waals surface area (Å²) < 4.78 is 0. The Morgan fingerprint density at radius 1 is 0.255 bits per heavy atom. The van der Waals surface area contributed by atoms with E-state index in [9.17, 15) is 0 Å². The number of benzene rings is 9. The minimum atomic E-state index is -0.535. The minimum absolute atomic E-state index is 0.535. The van der Waals surface area contributed by atoms with Gasteiger partial charge in [-0.3, -0.25) is 0 Å². The molecule has 3 nitrogen and oxygen atoms in total. The maximum absolute atomic E-state index is 5.17. The fourth-order valence-electron chi connectivity index (χ4n) is 9.61. The van der Waals surface area contributed by atoms with Gasteiger partial charge in [-0.25, -0.2) is 15.0 Å². The van der Waals surface area contributed by atoms with Crippen LogP contribution in [0.5, 0.6) is 0 Å². The molecule has 1 heterocycles. The average molecular weight is 698 g/mol. The number of nitrogens with zero attached hydrogens (tertiary/aromatic N) is 3. The van der Waals surface area contributed by atoms with Gasteiger partial charge in [-0.15, -0.1) is 0 Å². The zero-order chi connectivity index (χ0) is 36.1. The normalized spacial score (nSPS) is 13.2. The highest BCUT2D eigenvalue weighted by Gasteiger charge is 2.52. The van der Waals surface area contributed by atoms with Crippen molar-refractivity contribution < 1.29 is 0 Å². The highest BCUT2D eigenvalue weighted by Crippen LogP contribution is 2.64. The van der Waals surface area contributed by atoms with Crippen molar-refractivity contribution in [2.24, 2.45) is 0 Å². The fraction of sp³-hybridized carbons (Fsp3) is 0.0192. The summed E-state index contributed by atoms with van der Waals surface area (Å²) >= 11 is 0. The van der Waals surface area contributed by atoms with Crippen LogP contribution < -0.4 is 0 Å². The quantitative estimate of drug-likeness (QED) is 0.173. The first kappa shape index (κ1) is 30.3. The van der Waals surface area contributed by atoms with Crippen molar-refractivity contribution >= 4 is 32.3 Å². The molecule has 12 rings (SSSR count). The maximum atomic E-state index is 5.17. The van der Waals surface area contributed by atoms with Gasteiger partial charge in [0.15, 0.2) is 17.5 Å². The highest BCUT2D eigenvalue weighted by atomic mass is 15.0. The van der Waals surface area contributed by atoms with Crippen molar-refractivity contribution in [1.82, 2.24) is 15.0 Å². The van der Waals surface area contributed by atoms with E-state index >= 15 is 0 Å². The van der Waals surface area contributed by atoms with E-state index in [2.05, 4.69) is 152 Å². The monoisotopic (exact) mass is 697 g/mol. The summed E-state index contributed by atoms with van der Waals surface area (Å²) in [4.78, 5) is 15.3. The van der Waals surface area contributed by atoms with E-state index in [0.717, 1.165) is 16.7 Å². The predicted molar refractivity (Wildman–Crippen MR) is 225 cm³/mol. The zero-order valence-corrected chi connectivity index (χ0v) is 29.7. The Morgan fingerprint density at radius 2 is 0.655 bits per heavy atom. The van der Waals surface area contributed by atoms with E-state index < -0.39 is 5.41 Å². The van der Waals surface area contributed by atoms with Crippen LogP contribution in [-0.4, -0.2) is 15.0 Å². The lowest BCUT2D eigenvalue weighted by atomic mass is 9.70. The van der Waals surface area contributed by atoms with Crippen molar-refractivity contribution in [3.05, 3.63) is 210 Å². The first-order valence-corrected chi connectivity index (χ1v) is 18.9. The summed E-state index contributed by atoms with van der Waals surface area (Å²) in [6, 6.07) is 68.0. The lowest BCUT2D eigenvalue weighted by Crippen LogP contribution is -2.26. The van der Waals surface area contributed by atoms with Crippen LogP contribution in [0.3, 0.4) is 0 Å². The number of rotatable bonds is 3. The van der Waals surface area contributed by atoms with Crippen LogP contribution in [0.2, 0.25) is 0 Å². The van der Waals surface area contributed by atoms with Gasteiger partial charge in [0.2, 0.25) is 0 Å². The number of aromatic nitrogens is 3. The molecule has 0 fully saturated rings. The largest absolute Gasteiger partial charge is 0.208 e. The molecule has 0 atom stereocenters. The molecule has 2 aliphatic carbocycles. The molecule has 0 bridgehead atoms. The Balaban J connectivity index is 1.19. The molecule has 0 saturated heterocycles. The summed E-state index contributed by atoms with van der Waals surface area (Å²) in [6.07, 6.45) is 0. The second-order valence-corrected chi connectivity index (χ2v) is 14.7. The van der Waals surface area contributed by atoms with E-state index in [1.54, 1.807) is 0 Å². The molecule has 9 aromatic carbocycles. The van der Waals surface area contributed by atoms with E-state index in [1.165, 1.54) is 76.8 Å². The third kappa shape index (κ3) is 4.18. The molecule has 0 saturated carbocycles. The molecule has 0 aliphatic heterocycles. The van der Waals surface area contributed by atoms with Crippen LogP contribution in [0.15, 0.2) is 188 Å². The van der Waals surface area contributed by atoms with Crippen molar-refractivity contribution in [2.75, 3.05) is 0 Å². The van der Waals surface area contributed by atoms with Crippen LogP contribution in [-0.2, 0) is 5.41 Å². The van der Waals surface area contributed by atoms with Crippen molar-refractivity contribution in [3.63, 3.8) is 0 Å². The predicted octanol–water partition coefficient (Wildman–Crippen LogP) is 12.7. The summed E-state index contributed by atoms with van der Waals surface area (Å²) in [7, 11) is 0. The van der Waals surface area contributed by atoms with Crippen molar-refractivity contribution in [2.45, 2.75) is 5.41 Å². The van der Waals surface area contributed by atoms with Gasteiger partial charge >= 0.3 is 0 Å². The molecule has 3 heteroatoms. The molecule has 0 amide bonds. The summed E-state index contributed by atoms with van der Waals surface area (Å²) in [5, 5.41) is 7.67. The molecule has 55 heavy (non-hydrogen) atoms. The van der Waals surface area contributed by atoms with Crippen molar-refractivity contribution in [3.8, 4) is 56.4 Å². The highest BCUT2D eigenvalue weighted by molar-refractivity contribution is 6.26. The van der Waals surface area contributed by atoms with E-state index in [0.29, 0.717) is 17.5 Å². The van der Waals surface area contributed by atoms with E-state index in [1.807, 2.05) is 36.4 Å². The molecular formula is C52H31N3. The SMILES string of the molecule is c1ccc(-c2nc(-c3ccccc3)nc(-c3ccc4c(c3)C3(c5ccccc5-c5ccccc53)c3cc5c6ccccc6c6ccccc6c5cc3-4)n2)cc1. The van der Waals surface area contributed by atoms with Gasteiger partial charge in [-0.05, 0) is 95.0 Å². The third-order valence-corrected chi connectivity index (χ3v) is 11.9. The van der Waals surface area contributed by atoms with Crippen LogP contribution in [0.25, 0.3) is 88.7 Å². The summed E-state index contributed by atoms with van der Waals surface area (Å²) in [5.74, 6) is 1.97. The zero-order valence-electron chi connectivity index (χ0n) is 29.7. The second kappa shape index (κ2) is 11.4. The second-order valence-electron chi connectivity index (χ2n) is 14.7. The molecule has 10 aromatic rings. The standard InChI is InChI=1S/C52H31N3/c1-3-15-32(16-4-1)49-53-50(33-17-5-2-6-18-33)55-51(54-49)34-27-28-41-44-30-42-37-21-9-7-19-35(37)36-20-8-10-22-38(36)43(42)31-48(44)52(47(41)29-34)45-25-13-11-23-39(45)40-24-12-14-26-46(40)52/h1-31H. The molecule has 1 spiro atoms. The first-order chi connectivity index (χ1) is 27.3. The molecule has 2 aliphatic rings. The van der Waals surface area contributed by atoms with E-state index in [4.69, 9.17) is 15.0 Å². The molecule has 0 N–H and O–H groups in total. The third-order valence-electron chi connectivity index (χ3n) is 11.9. The average Bonchev–Trinajstić information content (AvgIpc) is 3.73. The van der Waals surface area contributed by atoms with Crippen molar-refractivity contribution in [1.29, 1.82) is 0 Å². The minimum Gasteiger partial charge on any atom is -0.208 e. The molecular weight excluding hydrogens is 667 g/mol. The Hall–Kier alpha value is -7.23. The molecule has 0 radical (unpaired) electrons. The van der Waals surface area contributed by atoms with E-state index in [-0.39, 0.29) is 0 Å². The number of fused-ring (bicyclic) bond motifs is 16. The van der Waals surface area contributed by atoms with Crippen LogP contribution in [0.1, 0.15) is 22.3 Å². The van der Waals surface area contributed by atoms with Crippen LogP contribution >= 0.6 is 0 Å². The first-order valence-electron chi connectivity index (χ1n) is 18.9. The van der Waals surface area contributed by atoms with Gasteiger partial charge in [-0.2, -0.15) is 0 Å². The molecule has 254 valence electrons.